The summed E-state index contributed by atoms with van der Waals surface area (Å²) in [7, 11) is 8.06. The van der Waals surface area contributed by atoms with Crippen LogP contribution in [0.15, 0.2) is 219 Å². The van der Waals surface area contributed by atoms with Crippen LogP contribution in [0.2, 0.25) is 0 Å². The van der Waals surface area contributed by atoms with Gasteiger partial charge in [0.05, 0.1) is 131 Å². The van der Waals surface area contributed by atoms with E-state index in [1.165, 1.54) is 18.2 Å². The molecule has 0 saturated carbocycles. The van der Waals surface area contributed by atoms with Gasteiger partial charge < -0.3 is 110 Å². The van der Waals surface area contributed by atoms with E-state index in [4.69, 9.17) is 42.9 Å². The Bertz CT molecular complexity index is 6420. The van der Waals surface area contributed by atoms with Crippen molar-refractivity contribution in [1.82, 2.24) is 61.1 Å². The summed E-state index contributed by atoms with van der Waals surface area (Å²) in [6.45, 7) is 18.8. The molecule has 736 valence electrons. The molecule has 9 N–H and O–H groups in total. The van der Waals surface area contributed by atoms with E-state index >= 15 is 0 Å². The Balaban J connectivity index is 0.000000136. The summed E-state index contributed by atoms with van der Waals surface area (Å²) in [5.41, 5.74) is 13.0. The number of ether oxygens (including phenoxy) is 8. The monoisotopic (exact) mass is 1930 g/mol. The third-order valence-corrected chi connectivity index (χ3v) is 24.3. The minimum Gasteiger partial charge on any atom is -0.497 e. The van der Waals surface area contributed by atoms with Gasteiger partial charge in [-0.15, -0.1) is 0 Å². The highest BCUT2D eigenvalue weighted by molar-refractivity contribution is 6.13. The third-order valence-electron chi connectivity index (χ3n) is 24.3. The number of pyridine rings is 8. The van der Waals surface area contributed by atoms with Gasteiger partial charge in [-0.1, -0.05) is 42.5 Å². The smallest absolute Gasteiger partial charge is 0.274 e. The zero-order valence-electron chi connectivity index (χ0n) is 79.7. The maximum atomic E-state index is 13.3. The molecule has 7 aliphatic heterocycles. The van der Waals surface area contributed by atoms with Crippen molar-refractivity contribution in [3.63, 3.8) is 0 Å². The Morgan fingerprint density at radius 3 is 1.13 bits per heavy atom. The van der Waals surface area contributed by atoms with Crippen molar-refractivity contribution in [2.75, 3.05) is 247 Å². The second kappa shape index (κ2) is 49.1. The molecular weight excluding hydrogens is 1810 g/mol. The zero-order chi connectivity index (χ0) is 98.5. The third kappa shape index (κ3) is 25.4. The molecule has 39 heteroatoms. The number of methoxy groups -OCH3 is 5. The molecule has 7 aliphatic rings. The van der Waals surface area contributed by atoms with Crippen molar-refractivity contribution in [1.29, 1.82) is 0 Å². The molecule has 15 heterocycles. The van der Waals surface area contributed by atoms with Gasteiger partial charge in [-0.2, -0.15) is 0 Å². The van der Waals surface area contributed by atoms with Crippen LogP contribution >= 0.6 is 0 Å². The van der Waals surface area contributed by atoms with Crippen LogP contribution in [0.3, 0.4) is 0 Å². The van der Waals surface area contributed by atoms with Crippen LogP contribution in [0.25, 0.3) is 0 Å². The number of hydrogen-bond donors (Lipinski definition) is 9. The minimum atomic E-state index is -0.383. The molecule has 39 nitrogen and oxygen atoms in total. The SMILES string of the molecule is COCCOCCOc1ccc2c(c1)C(=O)N(c1cccc(C(=O)Nc3cnccc3N3CCNCC3)n1)C2.COCCOc1ccc2c(c1)C(=O)N(c1cccc(C(=O)Nc3cnccc3N3CCNCC3)n1)C2.COc1cc2c(cc1OC)CN(c1cccc(C(=O)Nc3cnccc3N3CCNCC3)n1)CC2.COc1cccc(C(=O)Nc2cccc(C(=O)Nc3cnccc3N3CCNCC3)n2)c1. The molecule has 4 fully saturated rings. The first-order valence-corrected chi connectivity index (χ1v) is 46.9. The Hall–Kier alpha value is -15.9. The molecule has 0 unspecified atom stereocenters. The van der Waals surface area contributed by atoms with Crippen molar-refractivity contribution < 1.29 is 71.5 Å². The first-order valence-electron chi connectivity index (χ1n) is 46.9. The number of rotatable bonds is 31. The average Bonchev–Trinajstić information content (AvgIpc) is 1.59. The average molecular weight is 1930 g/mol. The van der Waals surface area contributed by atoms with Gasteiger partial charge in [-0.05, 0) is 156 Å². The van der Waals surface area contributed by atoms with E-state index in [0.717, 1.165) is 163 Å². The zero-order valence-corrected chi connectivity index (χ0v) is 79.7. The fraction of sp³-hybridized carbons (Fsp3) is 0.311. The molecule has 4 saturated heterocycles. The van der Waals surface area contributed by atoms with Crippen LogP contribution in [0.1, 0.15) is 95.3 Å². The van der Waals surface area contributed by atoms with Gasteiger partial charge in [0.15, 0.2) is 11.5 Å². The van der Waals surface area contributed by atoms with E-state index in [2.05, 4.69) is 107 Å². The lowest BCUT2D eigenvalue weighted by molar-refractivity contribution is 0.0544. The van der Waals surface area contributed by atoms with Gasteiger partial charge in [0.1, 0.15) is 76.5 Å². The highest BCUT2D eigenvalue weighted by Crippen LogP contribution is 2.38. The van der Waals surface area contributed by atoms with Gasteiger partial charge in [-0.3, -0.25) is 63.3 Å². The van der Waals surface area contributed by atoms with Crippen molar-refractivity contribution in [3.05, 3.63) is 281 Å². The highest BCUT2D eigenvalue weighted by atomic mass is 16.5. The van der Waals surface area contributed by atoms with Gasteiger partial charge in [0.2, 0.25) is 0 Å². The summed E-state index contributed by atoms with van der Waals surface area (Å²) in [5, 5.41) is 27.9. The number of nitrogens with zero attached hydrogens (tertiary/aromatic N) is 15. The number of carbonyl (C=O) groups is 7. The maximum absolute atomic E-state index is 13.3. The van der Waals surface area contributed by atoms with Crippen molar-refractivity contribution in [2.45, 2.75) is 26.1 Å². The quantitative estimate of drug-likeness (QED) is 0.0182. The fourth-order valence-corrected chi connectivity index (χ4v) is 17.0. The molecule has 142 heavy (non-hydrogen) atoms. The number of amides is 7. The number of anilines is 12. The number of piperazine rings is 4. The van der Waals surface area contributed by atoms with Crippen LogP contribution in [0.5, 0.6) is 28.7 Å². The second-order valence-corrected chi connectivity index (χ2v) is 33.4. The topological polar surface area (TPSA) is 427 Å². The molecular formula is C103H114N24O15. The first-order chi connectivity index (χ1) is 69.6. The van der Waals surface area contributed by atoms with E-state index < -0.39 is 0 Å². The second-order valence-electron chi connectivity index (χ2n) is 33.4. The van der Waals surface area contributed by atoms with E-state index in [0.29, 0.717) is 139 Å². The first kappa shape index (κ1) is 99.1. The minimum absolute atomic E-state index is 0.180. The van der Waals surface area contributed by atoms with Crippen LogP contribution in [0.4, 0.5) is 68.8 Å². The van der Waals surface area contributed by atoms with E-state index in [-0.39, 0.29) is 64.2 Å². The lowest BCUT2D eigenvalue weighted by Crippen LogP contribution is -2.43. The van der Waals surface area contributed by atoms with E-state index in [9.17, 15) is 33.6 Å². The normalized spacial score (nSPS) is 14.7. The number of nitrogens with one attached hydrogen (secondary N) is 9. The van der Waals surface area contributed by atoms with E-state index in [1.54, 1.807) is 185 Å². The highest BCUT2D eigenvalue weighted by Gasteiger charge is 2.34. The van der Waals surface area contributed by atoms with Gasteiger partial charge >= 0.3 is 0 Å². The number of benzene rings is 4. The standard InChI is InChI=1S/C28H32N6O5.C26H28N6O4.C26H30N6O3.C23H24N6O3/c1-37-13-14-38-15-16-39-21-6-5-20-19-34(28(36)22(20)17-21)26-4-2-3-23(31-26)27(35)32-24-18-30-8-7-25(24)33-11-9-29-10-12-33;1-35-13-14-36-19-6-5-18-17-32(26(34)20(18)15-19)24-4-2-3-21(29-24)25(33)30-22-16-28-8-7-23(22)31-11-9-27-10-12-31;1-34-23-14-18-7-11-32(17-19(18)15-24(23)35-2)25-5-3-4-20(29-25)26(33)30-21-16-28-8-6-22(21)31-12-9-27-10-13-31;1-32-17-5-2-4-16(14-17)22(30)28-21-7-3-6-18(26-21)23(31)27-19-15-25-9-8-20(19)29-12-10-24-11-13-29/h2-8,17-18,29H,9-16,19H2,1H3,(H,32,35);2-8,15-16,27H,9-14,17H2,1H3,(H,30,33);3-6,8,14-16,27H,7,9-13,17H2,1-2H3,(H,30,33);2-9,14-15,24H,10-13H2,1H3,(H,27,31)(H,26,28,30). The Morgan fingerprint density at radius 1 is 0.331 bits per heavy atom. The van der Waals surface area contributed by atoms with Crippen molar-refractivity contribution in [3.8, 4) is 28.7 Å². The van der Waals surface area contributed by atoms with Crippen LogP contribution < -0.4 is 106 Å². The fourth-order valence-electron chi connectivity index (χ4n) is 17.0. The molecule has 0 bridgehead atoms. The molecule has 0 spiro atoms. The van der Waals surface area contributed by atoms with E-state index in [1.807, 2.05) is 72.8 Å². The predicted octanol–water partition coefficient (Wildman–Crippen LogP) is 9.78. The number of carbonyl (C=O) groups excluding carboxylic acids is 7. The largest absolute Gasteiger partial charge is 0.497 e. The van der Waals surface area contributed by atoms with Gasteiger partial charge in [-0.25, -0.2) is 19.9 Å². The summed E-state index contributed by atoms with van der Waals surface area (Å²) in [5.74, 6) is 3.04. The summed E-state index contributed by atoms with van der Waals surface area (Å²) >= 11 is 0. The lowest BCUT2D eigenvalue weighted by Gasteiger charge is -2.31. The molecule has 7 amide bonds. The summed E-state index contributed by atoms with van der Waals surface area (Å²) < 4.78 is 42.8. The van der Waals surface area contributed by atoms with Gasteiger partial charge in [0, 0.05) is 174 Å². The molecule has 4 aromatic carbocycles. The Kier molecular flexibility index (Phi) is 34.3. The lowest BCUT2D eigenvalue weighted by atomic mass is 9.98. The van der Waals surface area contributed by atoms with Gasteiger partial charge in [0.25, 0.3) is 41.4 Å². The maximum Gasteiger partial charge on any atom is 0.274 e. The molecule has 12 aromatic rings. The molecule has 0 atom stereocenters. The Labute approximate surface area is 821 Å². The predicted molar refractivity (Wildman–Crippen MR) is 541 cm³/mol. The molecule has 0 aliphatic carbocycles. The number of hydrogen-bond acceptors (Lipinski definition) is 32. The Morgan fingerprint density at radius 2 is 0.711 bits per heavy atom. The summed E-state index contributed by atoms with van der Waals surface area (Å²) in [6.07, 6.45) is 14.4. The van der Waals surface area contributed by atoms with Crippen molar-refractivity contribution >= 4 is 110 Å². The van der Waals surface area contributed by atoms with Crippen LogP contribution in [-0.2, 0) is 40.3 Å². The number of aromatic nitrogens is 8. The van der Waals surface area contributed by atoms with Crippen LogP contribution in [-0.4, -0.2) is 268 Å². The van der Waals surface area contributed by atoms with Crippen LogP contribution in [0, 0.1) is 0 Å². The molecule has 8 aromatic heterocycles. The molecule has 19 rings (SSSR count). The van der Waals surface area contributed by atoms with Crippen molar-refractivity contribution in [2.24, 2.45) is 0 Å². The summed E-state index contributed by atoms with van der Waals surface area (Å²) in [6, 6.07) is 50.1. The number of fused-ring (bicyclic) bond motifs is 3. The molecule has 0 radical (unpaired) electrons. The summed E-state index contributed by atoms with van der Waals surface area (Å²) in [4.78, 5) is 140.